The zero-order valence-electron chi connectivity index (χ0n) is 20.2. The summed E-state index contributed by atoms with van der Waals surface area (Å²) in [6, 6.07) is 11.0. The van der Waals surface area contributed by atoms with Crippen LogP contribution in [0.5, 0.6) is 5.75 Å². The maximum atomic E-state index is 13.1. The lowest BCUT2D eigenvalue weighted by atomic mass is 9.57. The molecule has 1 aromatic carbocycles. The summed E-state index contributed by atoms with van der Waals surface area (Å²) < 4.78 is 6.67. The Morgan fingerprint density at radius 2 is 2.15 bits per heavy atom. The van der Waals surface area contributed by atoms with Crippen molar-refractivity contribution in [3.8, 4) is 5.75 Å². The van der Waals surface area contributed by atoms with Crippen LogP contribution in [0.15, 0.2) is 46.3 Å². The Morgan fingerprint density at radius 1 is 1.29 bits per heavy atom. The lowest BCUT2D eigenvalue weighted by Gasteiger charge is -2.54. The minimum Gasteiger partial charge on any atom is -0.497 e. The average molecular weight is 544 g/mol. The van der Waals surface area contributed by atoms with Crippen molar-refractivity contribution in [1.82, 2.24) is 9.80 Å². The van der Waals surface area contributed by atoms with Crippen LogP contribution < -0.4 is 4.74 Å². The molecule has 182 valence electrons. The molecule has 5 rings (SSSR count). The fourth-order valence-corrected chi connectivity index (χ4v) is 7.49. The summed E-state index contributed by atoms with van der Waals surface area (Å²) in [6.45, 7) is 3.61. The van der Waals surface area contributed by atoms with Gasteiger partial charge in [0.1, 0.15) is 5.75 Å². The number of piperidine rings is 1. The largest absolute Gasteiger partial charge is 0.497 e. The number of thiophene rings is 1. The van der Waals surface area contributed by atoms with Gasteiger partial charge in [-0.25, -0.2) is 0 Å². The maximum Gasteiger partial charge on any atom is 0.246 e. The van der Waals surface area contributed by atoms with Gasteiger partial charge in [0.25, 0.3) is 0 Å². The molecule has 0 N–H and O–H groups in total. The van der Waals surface area contributed by atoms with E-state index >= 15 is 0 Å². The third kappa shape index (κ3) is 5.14. The first-order valence-corrected chi connectivity index (χ1v) is 14.2. The molecule has 0 spiro atoms. The minimum atomic E-state index is 0.0972. The number of nitrogens with zero attached hydrogens (tertiary/aromatic N) is 2. The molecule has 3 aliphatic rings. The first-order chi connectivity index (χ1) is 16.5. The van der Waals surface area contributed by atoms with Crippen molar-refractivity contribution < 1.29 is 9.53 Å². The highest BCUT2D eigenvalue weighted by Gasteiger charge is 2.49. The zero-order chi connectivity index (χ0) is 23.7. The first kappa shape index (κ1) is 24.1. The number of methoxy groups -OCH3 is 1. The number of amides is 1. The monoisotopic (exact) mass is 542 g/mol. The van der Waals surface area contributed by atoms with E-state index in [1.807, 2.05) is 35.5 Å². The van der Waals surface area contributed by atoms with E-state index in [9.17, 15) is 4.79 Å². The molecule has 6 heteroatoms. The fourth-order valence-electron chi connectivity index (χ4n) is 6.15. The Labute approximate surface area is 216 Å². The van der Waals surface area contributed by atoms with Crippen LogP contribution in [0.25, 0.3) is 6.08 Å². The quantitative estimate of drug-likeness (QED) is 0.389. The number of benzene rings is 1. The van der Waals surface area contributed by atoms with Gasteiger partial charge < -0.3 is 14.5 Å². The molecule has 34 heavy (non-hydrogen) atoms. The summed E-state index contributed by atoms with van der Waals surface area (Å²) in [5.41, 5.74) is 1.50. The Bertz CT molecular complexity index is 1050. The van der Waals surface area contributed by atoms with Gasteiger partial charge in [0.2, 0.25) is 5.91 Å². The second-order valence-corrected chi connectivity index (χ2v) is 12.3. The van der Waals surface area contributed by atoms with Crippen LogP contribution in [0.3, 0.4) is 0 Å². The Morgan fingerprint density at radius 3 is 2.88 bits per heavy atom. The number of hydrogen-bond donors (Lipinski definition) is 0. The SMILES string of the molecule is COc1cccc([C@@]23CCN(CC4CC4)C[C@H]2CC[C@@H](N(C)C(=O)/C=C/c2cc(Br)cs2)C3)c1. The van der Waals surface area contributed by atoms with Crippen molar-refractivity contribution in [3.05, 3.63) is 56.7 Å². The molecule has 1 amide bonds. The molecule has 1 aliphatic heterocycles. The molecule has 3 atom stereocenters. The van der Waals surface area contributed by atoms with Crippen LogP contribution in [-0.4, -0.2) is 55.5 Å². The molecule has 2 aromatic rings. The first-order valence-electron chi connectivity index (χ1n) is 12.5. The number of halogens is 1. The molecule has 4 nitrogen and oxygen atoms in total. The predicted molar refractivity (Wildman–Crippen MR) is 143 cm³/mol. The van der Waals surface area contributed by atoms with Gasteiger partial charge in [-0.05, 0) is 103 Å². The van der Waals surface area contributed by atoms with Crippen molar-refractivity contribution in [1.29, 1.82) is 0 Å². The second kappa shape index (κ2) is 10.2. The standard InChI is InChI=1S/C28H35BrN2O2S/c1-30(27(32)11-10-26-15-23(29)19-34-26)24-9-8-22-18-31(17-20-6-7-20)13-12-28(22,16-24)21-4-3-5-25(14-21)33-2/h3-5,10-11,14-15,19-20,22,24H,6-9,12-13,16-18H2,1-2H3/b11-10+/t22-,24-,28+/m1/s1. The van der Waals surface area contributed by atoms with Gasteiger partial charge in [-0.3, -0.25) is 4.79 Å². The van der Waals surface area contributed by atoms with E-state index < -0.39 is 0 Å². The van der Waals surface area contributed by atoms with Crippen molar-refractivity contribution in [2.45, 2.75) is 50.0 Å². The second-order valence-electron chi connectivity index (χ2n) is 10.4. The topological polar surface area (TPSA) is 32.8 Å². The van der Waals surface area contributed by atoms with E-state index in [0.717, 1.165) is 46.8 Å². The summed E-state index contributed by atoms with van der Waals surface area (Å²) in [5, 5.41) is 2.04. The molecule has 2 aliphatic carbocycles. The third-order valence-electron chi connectivity index (χ3n) is 8.31. The number of likely N-dealkylation sites (N-methyl/N-ethyl adjacent to an activating group) is 1. The maximum absolute atomic E-state index is 13.1. The van der Waals surface area contributed by atoms with Crippen molar-refractivity contribution in [3.63, 3.8) is 0 Å². The highest BCUT2D eigenvalue weighted by Crippen LogP contribution is 2.51. The van der Waals surface area contributed by atoms with Crippen LogP contribution in [0, 0.1) is 11.8 Å². The number of carbonyl (C=O) groups excluding carboxylic acids is 1. The van der Waals surface area contributed by atoms with Gasteiger partial charge in [0.15, 0.2) is 0 Å². The average Bonchev–Trinajstić information content (AvgIpc) is 3.59. The number of hydrogen-bond acceptors (Lipinski definition) is 4. The summed E-state index contributed by atoms with van der Waals surface area (Å²) in [6.07, 6.45) is 10.9. The highest BCUT2D eigenvalue weighted by atomic mass is 79.9. The molecule has 0 radical (unpaired) electrons. The summed E-state index contributed by atoms with van der Waals surface area (Å²) >= 11 is 5.13. The molecule has 2 heterocycles. The van der Waals surface area contributed by atoms with Crippen LogP contribution >= 0.6 is 27.3 Å². The van der Waals surface area contributed by atoms with E-state index in [-0.39, 0.29) is 17.4 Å². The van der Waals surface area contributed by atoms with E-state index in [0.29, 0.717) is 5.92 Å². The fraction of sp³-hybridized carbons (Fsp3) is 0.536. The van der Waals surface area contributed by atoms with Crippen LogP contribution in [0.4, 0.5) is 0 Å². The number of rotatable bonds is 7. The predicted octanol–water partition coefficient (Wildman–Crippen LogP) is 6.21. The molecular formula is C28H35BrN2O2S. The minimum absolute atomic E-state index is 0.0972. The zero-order valence-corrected chi connectivity index (χ0v) is 22.6. The Hall–Kier alpha value is -1.63. The molecule has 0 bridgehead atoms. The Balaban J connectivity index is 1.36. The number of likely N-dealkylation sites (tertiary alicyclic amines) is 1. The number of ether oxygens (including phenoxy) is 1. The molecule has 1 aromatic heterocycles. The van der Waals surface area contributed by atoms with E-state index in [1.54, 1.807) is 24.5 Å². The van der Waals surface area contributed by atoms with Gasteiger partial charge in [-0.15, -0.1) is 11.3 Å². The van der Waals surface area contributed by atoms with E-state index in [4.69, 9.17) is 4.74 Å². The van der Waals surface area contributed by atoms with Crippen molar-refractivity contribution in [2.24, 2.45) is 11.8 Å². The van der Waals surface area contributed by atoms with E-state index in [1.165, 1.54) is 37.9 Å². The highest BCUT2D eigenvalue weighted by molar-refractivity contribution is 9.10. The number of fused-ring (bicyclic) bond motifs is 1. The lowest BCUT2D eigenvalue weighted by molar-refractivity contribution is -0.128. The molecule has 3 fully saturated rings. The van der Waals surface area contributed by atoms with Gasteiger partial charge in [0.05, 0.1) is 7.11 Å². The third-order valence-corrected chi connectivity index (χ3v) is 9.97. The smallest absolute Gasteiger partial charge is 0.246 e. The van der Waals surface area contributed by atoms with E-state index in [2.05, 4.69) is 39.0 Å². The molecule has 2 saturated carbocycles. The van der Waals surface area contributed by atoms with Crippen LogP contribution in [-0.2, 0) is 10.2 Å². The summed E-state index contributed by atoms with van der Waals surface area (Å²) in [7, 11) is 3.74. The lowest BCUT2D eigenvalue weighted by Crippen LogP contribution is -2.56. The summed E-state index contributed by atoms with van der Waals surface area (Å²) in [4.78, 5) is 18.9. The Kier molecular flexibility index (Phi) is 7.19. The van der Waals surface area contributed by atoms with Crippen LogP contribution in [0.2, 0.25) is 0 Å². The van der Waals surface area contributed by atoms with Crippen LogP contribution in [0.1, 0.15) is 49.0 Å². The van der Waals surface area contributed by atoms with Gasteiger partial charge >= 0.3 is 0 Å². The van der Waals surface area contributed by atoms with Crippen molar-refractivity contribution >= 4 is 39.2 Å². The molecule has 0 unspecified atom stereocenters. The van der Waals surface area contributed by atoms with Gasteiger partial charge in [-0.1, -0.05) is 12.1 Å². The summed E-state index contributed by atoms with van der Waals surface area (Å²) in [5.74, 6) is 2.59. The van der Waals surface area contributed by atoms with Crippen molar-refractivity contribution in [2.75, 3.05) is 33.8 Å². The van der Waals surface area contributed by atoms with Gasteiger partial charge in [-0.2, -0.15) is 0 Å². The molecular weight excluding hydrogens is 508 g/mol. The van der Waals surface area contributed by atoms with Gasteiger partial charge in [0, 0.05) is 52.4 Å². The molecule has 1 saturated heterocycles. The normalized spacial score (nSPS) is 27.5. The number of carbonyl (C=O) groups is 1.